The molecule has 68 heavy (non-hydrogen) atoms. The maximum absolute atomic E-state index is 14.7. The smallest absolute Gasteiger partial charge is 0.467 e. The molecule has 0 bridgehead atoms. The van der Waals surface area contributed by atoms with Gasteiger partial charge in [-0.2, -0.15) is 0 Å². The first kappa shape index (κ1) is 57.5. The van der Waals surface area contributed by atoms with E-state index in [1.54, 1.807) is 63.8 Å². The van der Waals surface area contributed by atoms with Crippen molar-refractivity contribution in [1.82, 2.24) is 20.0 Å². The van der Waals surface area contributed by atoms with E-state index in [9.17, 15) is 28.8 Å². The summed E-state index contributed by atoms with van der Waals surface area (Å²) >= 11 is 0. The van der Waals surface area contributed by atoms with Gasteiger partial charge in [0.25, 0.3) is 0 Å². The molecular formula is C53H82N4O11. The number of ether oxygens (including phenoxy) is 5. The molecule has 1 saturated heterocycles. The molecular weight excluding hydrogens is 869 g/mol. The number of benzene rings is 2. The van der Waals surface area contributed by atoms with Crippen LogP contribution < -0.4 is 10.1 Å². The number of esters is 1. The van der Waals surface area contributed by atoms with Crippen molar-refractivity contribution in [3.8, 4) is 5.75 Å². The number of carbonyl (C=O) groups is 6. The minimum atomic E-state index is -0.909. The lowest BCUT2D eigenvalue weighted by Gasteiger charge is -2.41. The highest BCUT2D eigenvalue weighted by Crippen LogP contribution is 2.31. The van der Waals surface area contributed by atoms with Crippen molar-refractivity contribution in [3.63, 3.8) is 0 Å². The highest BCUT2D eigenvalue weighted by atomic mass is 16.7. The molecule has 15 nitrogen and oxygen atoms in total. The van der Waals surface area contributed by atoms with E-state index in [1.165, 1.54) is 14.2 Å². The van der Waals surface area contributed by atoms with E-state index in [-0.39, 0.29) is 54.6 Å². The minimum absolute atomic E-state index is 0.0161. The largest absolute Gasteiger partial charge is 0.514 e. The number of likely N-dealkylation sites (N-methyl/N-ethyl adjacent to an activating group) is 2. The third-order valence-electron chi connectivity index (χ3n) is 13.3. The molecule has 0 radical (unpaired) electrons. The van der Waals surface area contributed by atoms with Crippen molar-refractivity contribution < 1.29 is 52.5 Å². The van der Waals surface area contributed by atoms with Crippen LogP contribution in [0.1, 0.15) is 112 Å². The predicted octanol–water partition coefficient (Wildman–Crippen LogP) is 7.51. The molecule has 1 aliphatic rings. The third kappa shape index (κ3) is 16.4. The van der Waals surface area contributed by atoms with Crippen molar-refractivity contribution >= 4 is 35.6 Å². The lowest BCUT2D eigenvalue weighted by molar-refractivity contribution is -0.150. The van der Waals surface area contributed by atoms with Crippen LogP contribution in [-0.4, -0.2) is 134 Å². The van der Waals surface area contributed by atoms with Gasteiger partial charge in [-0.1, -0.05) is 97.4 Å². The summed E-state index contributed by atoms with van der Waals surface area (Å²) < 4.78 is 27.7. The zero-order valence-corrected chi connectivity index (χ0v) is 43.5. The molecule has 380 valence electrons. The van der Waals surface area contributed by atoms with Gasteiger partial charge in [0.1, 0.15) is 17.4 Å². The molecule has 15 heteroatoms. The van der Waals surface area contributed by atoms with Crippen LogP contribution in [0.5, 0.6) is 5.75 Å². The summed E-state index contributed by atoms with van der Waals surface area (Å²) in [6.07, 6.45) is 0.171. The first-order valence-electron chi connectivity index (χ1n) is 24.2. The maximum atomic E-state index is 14.7. The lowest BCUT2D eigenvalue weighted by Crippen LogP contribution is -2.55. The summed E-state index contributed by atoms with van der Waals surface area (Å²) in [7, 11) is 8.01. The summed E-state index contributed by atoms with van der Waals surface area (Å²) in [6, 6.07) is 14.1. The van der Waals surface area contributed by atoms with Crippen LogP contribution in [0.25, 0.3) is 0 Å². The summed E-state index contributed by atoms with van der Waals surface area (Å²) in [5.41, 5.74) is 1.10. The predicted molar refractivity (Wildman–Crippen MR) is 262 cm³/mol. The van der Waals surface area contributed by atoms with Gasteiger partial charge in [-0.25, -0.2) is 9.59 Å². The fourth-order valence-corrected chi connectivity index (χ4v) is 9.54. The number of amides is 3. The highest BCUT2D eigenvalue weighted by molar-refractivity contribution is 5.90. The Labute approximate surface area is 406 Å². The maximum Gasteiger partial charge on any atom is 0.514 e. The van der Waals surface area contributed by atoms with E-state index in [0.717, 1.165) is 11.1 Å². The summed E-state index contributed by atoms with van der Waals surface area (Å²) in [5, 5.41) is 2.87. The monoisotopic (exact) mass is 951 g/mol. The van der Waals surface area contributed by atoms with Crippen LogP contribution >= 0.6 is 0 Å². The number of rotatable bonds is 25. The van der Waals surface area contributed by atoms with Crippen LogP contribution in [0.3, 0.4) is 0 Å². The molecule has 9 atom stereocenters. The molecule has 0 saturated carbocycles. The van der Waals surface area contributed by atoms with Crippen molar-refractivity contribution in [2.24, 2.45) is 29.6 Å². The quantitative estimate of drug-likeness (QED) is 0.0769. The van der Waals surface area contributed by atoms with Gasteiger partial charge in [0, 0.05) is 53.1 Å². The topological polar surface area (TPSA) is 170 Å². The third-order valence-corrected chi connectivity index (χ3v) is 13.3. The Morgan fingerprint density at radius 3 is 1.99 bits per heavy atom. The standard InChI is InChI=1S/C53H82N4O11/c1-16-35(6)47(44(64-13)31-45(59)57-28-20-23-42(57)48(65-14)36(7)49(60)54-41(51(62)66-15)29-37-21-18-17-19-22-37)56(12)50(61)40(33(2)3)30-43(58)46(34(4)5)55(11)32-38-24-26-39(27-25-38)67-52(63)68-53(8,9)10/h17-19,21-22,24-27,33-36,40-42,44,46-48H,16,20,23,28-32H2,1-15H3,(H,54,60)/t35-,36+,40-,41-,42-,44+,46-,47-,48+/m0/s1. The molecule has 3 rings (SSSR count). The highest BCUT2D eigenvalue weighted by Gasteiger charge is 2.44. The number of carbonyl (C=O) groups excluding carboxylic acids is 6. The van der Waals surface area contributed by atoms with Gasteiger partial charge in [0.2, 0.25) is 17.7 Å². The van der Waals surface area contributed by atoms with Crippen molar-refractivity contribution in [2.75, 3.05) is 42.0 Å². The van der Waals surface area contributed by atoms with Gasteiger partial charge in [-0.15, -0.1) is 0 Å². The van der Waals surface area contributed by atoms with E-state index >= 15 is 0 Å². The van der Waals surface area contributed by atoms with Crippen LogP contribution in [0.4, 0.5) is 4.79 Å². The van der Waals surface area contributed by atoms with Crippen LogP contribution in [0, 0.1) is 29.6 Å². The Hall–Kier alpha value is -4.86. The van der Waals surface area contributed by atoms with E-state index in [1.807, 2.05) is 96.0 Å². The van der Waals surface area contributed by atoms with Crippen LogP contribution in [-0.2, 0) is 55.9 Å². The molecule has 1 fully saturated rings. The molecule has 1 aliphatic heterocycles. The van der Waals surface area contributed by atoms with Gasteiger partial charge in [0.05, 0.1) is 49.8 Å². The first-order chi connectivity index (χ1) is 32.0. The average Bonchev–Trinajstić information content (AvgIpc) is 3.77. The van der Waals surface area contributed by atoms with E-state index in [0.29, 0.717) is 38.1 Å². The second-order valence-electron chi connectivity index (χ2n) is 20.2. The van der Waals surface area contributed by atoms with Crippen LogP contribution in [0.2, 0.25) is 0 Å². The summed E-state index contributed by atoms with van der Waals surface area (Å²) in [4.78, 5) is 87.7. The molecule has 0 aliphatic carbocycles. The lowest BCUT2D eigenvalue weighted by atomic mass is 9.83. The molecule has 0 unspecified atom stereocenters. The minimum Gasteiger partial charge on any atom is -0.467 e. The number of methoxy groups -OCH3 is 3. The number of ketones is 1. The molecule has 2 aromatic carbocycles. The number of nitrogens with one attached hydrogen (secondary N) is 1. The summed E-state index contributed by atoms with van der Waals surface area (Å²) in [5.74, 6) is -2.65. The fraction of sp³-hybridized carbons (Fsp3) is 0.660. The molecule has 0 aromatic heterocycles. The Bertz CT molecular complexity index is 1940. The van der Waals surface area contributed by atoms with E-state index < -0.39 is 71.8 Å². The number of hydrogen-bond donors (Lipinski definition) is 1. The Kier molecular flexibility index (Phi) is 22.6. The molecule has 2 aromatic rings. The average molecular weight is 951 g/mol. The summed E-state index contributed by atoms with van der Waals surface area (Å²) in [6.45, 7) is 19.9. The number of hydrogen-bond acceptors (Lipinski definition) is 12. The number of likely N-dealkylation sites (tertiary alicyclic amines) is 1. The van der Waals surface area contributed by atoms with Crippen molar-refractivity contribution in [3.05, 3.63) is 65.7 Å². The Morgan fingerprint density at radius 1 is 0.824 bits per heavy atom. The molecule has 1 heterocycles. The van der Waals surface area contributed by atoms with Crippen LogP contribution in [0.15, 0.2) is 54.6 Å². The second-order valence-corrected chi connectivity index (χ2v) is 20.2. The zero-order chi connectivity index (χ0) is 51.0. The molecule has 3 amide bonds. The molecule has 0 spiro atoms. The zero-order valence-electron chi connectivity index (χ0n) is 43.5. The van der Waals surface area contributed by atoms with Crippen molar-refractivity contribution in [2.45, 2.75) is 156 Å². The second kappa shape index (κ2) is 26.8. The van der Waals surface area contributed by atoms with Gasteiger partial charge >= 0.3 is 12.1 Å². The van der Waals surface area contributed by atoms with E-state index in [2.05, 4.69) is 5.32 Å². The number of nitrogens with zero attached hydrogens (tertiary/aromatic N) is 3. The number of Topliss-reactive ketones (excluding diaryl/α,β-unsaturated/α-hetero) is 1. The Morgan fingerprint density at radius 2 is 1.46 bits per heavy atom. The normalized spacial score (nSPS) is 17.7. The van der Waals surface area contributed by atoms with E-state index in [4.69, 9.17) is 23.7 Å². The fourth-order valence-electron chi connectivity index (χ4n) is 9.54. The van der Waals surface area contributed by atoms with Gasteiger partial charge in [-0.3, -0.25) is 24.1 Å². The van der Waals surface area contributed by atoms with Gasteiger partial charge < -0.3 is 38.8 Å². The first-order valence-corrected chi connectivity index (χ1v) is 24.2. The molecule has 1 N–H and O–H groups in total. The Balaban J connectivity index is 1.76. The van der Waals surface area contributed by atoms with Crippen molar-refractivity contribution in [1.29, 1.82) is 0 Å². The SMILES string of the molecule is CC[C@H](C)[C@@H]([C@@H](CC(=O)N1CCC[C@H]1[C@H](OC)[C@@H](C)C(=O)N[C@@H](Cc1ccccc1)C(=O)OC)OC)N(C)C(=O)[C@@H](CC(=O)[C@H](C(C)C)N(C)Cc1ccc(OC(=O)OC(C)(C)C)cc1)C(C)C. The van der Waals surface area contributed by atoms with Gasteiger partial charge in [-0.05, 0) is 81.7 Å². The van der Waals surface area contributed by atoms with Gasteiger partial charge in [0.15, 0.2) is 5.78 Å².